The van der Waals surface area contributed by atoms with Crippen LogP contribution in [0.3, 0.4) is 0 Å². The van der Waals surface area contributed by atoms with Gasteiger partial charge in [0.25, 0.3) is 0 Å². The maximum atomic E-state index is 9.57. The normalized spacial score (nSPS) is 11.3. The van der Waals surface area contributed by atoms with Crippen molar-refractivity contribution in [1.29, 1.82) is 5.26 Å². The molecule has 0 bridgehead atoms. The maximum absolute atomic E-state index is 9.57. The van der Waals surface area contributed by atoms with E-state index in [1.807, 2.05) is 60.0 Å². The molecule has 0 unspecified atom stereocenters. The molecular weight excluding hydrogens is 378 g/mol. The fraction of sp³-hybridized carbons (Fsp3) is 0. The second-order valence-corrected chi connectivity index (χ2v) is 6.94. The summed E-state index contributed by atoms with van der Waals surface area (Å²) in [6.07, 6.45) is 4.96. The highest BCUT2D eigenvalue weighted by molar-refractivity contribution is 7.11. The Balaban J connectivity index is 1.60. The van der Waals surface area contributed by atoms with Crippen molar-refractivity contribution in [3.05, 3.63) is 82.2 Å². The Morgan fingerprint density at radius 1 is 1.11 bits per heavy atom. The zero-order chi connectivity index (χ0) is 18.6. The van der Waals surface area contributed by atoms with E-state index >= 15 is 0 Å². The van der Waals surface area contributed by atoms with Crippen molar-refractivity contribution in [3.63, 3.8) is 0 Å². The molecule has 7 heteroatoms. The number of benzene rings is 2. The highest BCUT2D eigenvalue weighted by Gasteiger charge is 2.09. The Morgan fingerprint density at radius 2 is 1.89 bits per heavy atom. The Hall–Kier alpha value is -3.27. The molecule has 0 spiro atoms. The number of allylic oxidation sites excluding steroid dienone is 1. The fourth-order valence-electron chi connectivity index (χ4n) is 2.52. The quantitative estimate of drug-likeness (QED) is 0.455. The van der Waals surface area contributed by atoms with E-state index in [-0.39, 0.29) is 0 Å². The van der Waals surface area contributed by atoms with Crippen molar-refractivity contribution in [3.8, 4) is 23.0 Å². The molecule has 0 aliphatic rings. The molecular formula is C20H12ClN5S. The first-order chi connectivity index (χ1) is 13.2. The zero-order valence-corrected chi connectivity index (χ0v) is 15.5. The Labute approximate surface area is 164 Å². The molecule has 0 N–H and O–H groups in total. The van der Waals surface area contributed by atoms with Gasteiger partial charge in [-0.15, -0.1) is 11.3 Å². The van der Waals surface area contributed by atoms with E-state index in [1.165, 1.54) is 17.7 Å². The van der Waals surface area contributed by atoms with Crippen molar-refractivity contribution >= 4 is 34.6 Å². The number of rotatable bonds is 4. The molecule has 2 aromatic heterocycles. The molecule has 0 aliphatic carbocycles. The molecule has 4 rings (SSSR count). The lowest BCUT2D eigenvalue weighted by atomic mass is 10.1. The number of hydrogen-bond donors (Lipinski definition) is 0. The van der Waals surface area contributed by atoms with Gasteiger partial charge in [0.05, 0.1) is 17.0 Å². The summed E-state index contributed by atoms with van der Waals surface area (Å²) < 4.78 is 1.68. The number of hydrogen-bond acceptors (Lipinski definition) is 5. The van der Waals surface area contributed by atoms with Crippen molar-refractivity contribution in [1.82, 2.24) is 19.7 Å². The summed E-state index contributed by atoms with van der Waals surface area (Å²) in [7, 11) is 0. The monoisotopic (exact) mass is 389 g/mol. The molecule has 0 aliphatic heterocycles. The average molecular weight is 390 g/mol. The molecule has 0 radical (unpaired) electrons. The lowest BCUT2D eigenvalue weighted by Crippen LogP contribution is -1.93. The van der Waals surface area contributed by atoms with Gasteiger partial charge in [-0.2, -0.15) is 10.4 Å². The molecule has 0 fully saturated rings. The molecule has 4 aromatic rings. The first-order valence-corrected chi connectivity index (χ1v) is 9.27. The molecule has 2 aromatic carbocycles. The van der Waals surface area contributed by atoms with Gasteiger partial charge >= 0.3 is 0 Å². The minimum absolute atomic E-state index is 0.522. The van der Waals surface area contributed by atoms with Gasteiger partial charge in [0.2, 0.25) is 0 Å². The number of nitrogens with zero attached hydrogens (tertiary/aromatic N) is 5. The second-order valence-electron chi connectivity index (χ2n) is 5.65. The van der Waals surface area contributed by atoms with Crippen molar-refractivity contribution in [2.75, 3.05) is 0 Å². The molecule has 5 nitrogen and oxygen atoms in total. The third-order valence-electron chi connectivity index (χ3n) is 3.88. The topological polar surface area (TPSA) is 67.4 Å². The third-order valence-corrected chi connectivity index (χ3v) is 5.01. The van der Waals surface area contributed by atoms with Crippen LogP contribution in [0.4, 0.5) is 0 Å². The molecule has 2 heterocycles. The van der Waals surface area contributed by atoms with Crippen LogP contribution in [-0.2, 0) is 0 Å². The van der Waals surface area contributed by atoms with Crippen LogP contribution in [0, 0.1) is 11.3 Å². The molecule has 130 valence electrons. The molecule has 0 saturated carbocycles. The SMILES string of the molecule is N#C/C(=C/c1ccc(-n2cncn2)cc1)c1nc(-c2ccc(Cl)cc2)cs1. The molecule has 0 amide bonds. The summed E-state index contributed by atoms with van der Waals surface area (Å²) in [6.45, 7) is 0. The minimum Gasteiger partial charge on any atom is -0.235 e. The maximum Gasteiger partial charge on any atom is 0.138 e. The van der Waals surface area contributed by atoms with Crippen molar-refractivity contribution < 1.29 is 0 Å². The standard InChI is InChI=1S/C20H12ClN5S/c21-17-5-3-15(4-6-17)19-11-27-20(25-19)16(10-22)9-14-1-7-18(8-2-14)26-13-23-12-24-26/h1-9,11-13H/b16-9-. The van der Waals surface area contributed by atoms with Gasteiger partial charge in [0.15, 0.2) is 0 Å². The summed E-state index contributed by atoms with van der Waals surface area (Å²) in [5.74, 6) is 0. The van der Waals surface area contributed by atoms with Crippen LogP contribution in [0.25, 0.3) is 28.6 Å². The Bertz CT molecular complexity index is 1120. The van der Waals surface area contributed by atoms with Gasteiger partial charge in [-0.1, -0.05) is 35.9 Å². The van der Waals surface area contributed by atoms with E-state index in [4.69, 9.17) is 11.6 Å². The summed E-state index contributed by atoms with van der Waals surface area (Å²) in [4.78, 5) is 8.53. The van der Waals surface area contributed by atoms with Crippen LogP contribution >= 0.6 is 22.9 Å². The van der Waals surface area contributed by atoms with Gasteiger partial charge in [-0.3, -0.25) is 0 Å². The van der Waals surface area contributed by atoms with Crippen molar-refractivity contribution in [2.24, 2.45) is 0 Å². The van der Waals surface area contributed by atoms with Crippen LogP contribution < -0.4 is 0 Å². The summed E-state index contributed by atoms with van der Waals surface area (Å²) in [6, 6.07) is 17.4. The van der Waals surface area contributed by atoms with E-state index in [0.717, 1.165) is 22.5 Å². The van der Waals surface area contributed by atoms with E-state index in [0.29, 0.717) is 15.6 Å². The summed E-state index contributed by atoms with van der Waals surface area (Å²) in [5.41, 5.74) is 4.14. The number of halogens is 1. The van der Waals surface area contributed by atoms with Crippen LogP contribution in [-0.4, -0.2) is 19.7 Å². The van der Waals surface area contributed by atoms with Crippen LogP contribution in [0.2, 0.25) is 5.02 Å². The highest BCUT2D eigenvalue weighted by Crippen LogP contribution is 2.28. The van der Waals surface area contributed by atoms with Gasteiger partial charge in [0, 0.05) is 16.0 Å². The number of nitriles is 1. The average Bonchev–Trinajstić information content (AvgIpc) is 3.39. The lowest BCUT2D eigenvalue weighted by molar-refractivity contribution is 0.879. The number of thiazole rings is 1. The van der Waals surface area contributed by atoms with Crippen molar-refractivity contribution in [2.45, 2.75) is 0 Å². The largest absolute Gasteiger partial charge is 0.235 e. The third kappa shape index (κ3) is 3.80. The Morgan fingerprint density at radius 3 is 2.56 bits per heavy atom. The zero-order valence-electron chi connectivity index (χ0n) is 14.0. The van der Waals surface area contributed by atoms with Gasteiger partial charge in [-0.25, -0.2) is 14.6 Å². The van der Waals surface area contributed by atoms with Crippen LogP contribution in [0.5, 0.6) is 0 Å². The van der Waals surface area contributed by atoms with Crippen LogP contribution in [0.1, 0.15) is 10.6 Å². The predicted molar refractivity (Wildman–Crippen MR) is 107 cm³/mol. The van der Waals surface area contributed by atoms with E-state index < -0.39 is 0 Å². The first kappa shape index (κ1) is 17.2. The molecule has 0 atom stereocenters. The first-order valence-electron chi connectivity index (χ1n) is 8.01. The van der Waals surface area contributed by atoms with Gasteiger partial charge in [0.1, 0.15) is 23.7 Å². The van der Waals surface area contributed by atoms with E-state index in [1.54, 1.807) is 11.0 Å². The van der Waals surface area contributed by atoms with Gasteiger partial charge < -0.3 is 0 Å². The van der Waals surface area contributed by atoms with Crippen LogP contribution in [0.15, 0.2) is 66.6 Å². The van der Waals surface area contributed by atoms with E-state index in [2.05, 4.69) is 21.1 Å². The van der Waals surface area contributed by atoms with E-state index in [9.17, 15) is 5.26 Å². The number of aromatic nitrogens is 4. The minimum atomic E-state index is 0.522. The molecule has 0 saturated heterocycles. The smallest absolute Gasteiger partial charge is 0.138 e. The highest BCUT2D eigenvalue weighted by atomic mass is 35.5. The lowest BCUT2D eigenvalue weighted by Gasteiger charge is -2.01. The fourth-order valence-corrected chi connectivity index (χ4v) is 3.44. The molecule has 27 heavy (non-hydrogen) atoms. The summed E-state index contributed by atoms with van der Waals surface area (Å²) >= 11 is 7.38. The second kappa shape index (κ2) is 7.54. The predicted octanol–water partition coefficient (Wildman–Crippen LogP) is 5.11. The van der Waals surface area contributed by atoms with Gasteiger partial charge in [-0.05, 0) is 35.9 Å². The summed E-state index contributed by atoms with van der Waals surface area (Å²) in [5, 5.41) is 17.0. The Kier molecular flexibility index (Phi) is 4.79.